The van der Waals surface area contributed by atoms with Gasteiger partial charge >= 0.3 is 0 Å². The predicted octanol–water partition coefficient (Wildman–Crippen LogP) is 3.19. The Hall–Kier alpha value is -2.41. The lowest BCUT2D eigenvalue weighted by Crippen LogP contribution is -1.99. The van der Waals surface area contributed by atoms with Crippen molar-refractivity contribution in [1.29, 1.82) is 0 Å². The van der Waals surface area contributed by atoms with E-state index >= 15 is 0 Å². The number of hydrogen-bond acceptors (Lipinski definition) is 6. The summed E-state index contributed by atoms with van der Waals surface area (Å²) in [6.45, 7) is 0. The van der Waals surface area contributed by atoms with E-state index < -0.39 is 0 Å². The Morgan fingerprint density at radius 3 is 3.19 bits per heavy atom. The van der Waals surface area contributed by atoms with E-state index in [1.165, 1.54) is 11.2 Å². The highest BCUT2D eigenvalue weighted by atomic mass is 32.2. The van der Waals surface area contributed by atoms with Gasteiger partial charge in [-0.05, 0) is 12.1 Å². The number of ether oxygens (including phenoxy) is 1. The SMILES string of the molecule is COc1cc2c(cc1Nc1ncnc3[nH]ccc13)SCN2. The van der Waals surface area contributed by atoms with Gasteiger partial charge in [0.2, 0.25) is 0 Å². The van der Waals surface area contributed by atoms with Crippen molar-refractivity contribution >= 4 is 40.0 Å². The third-order valence-corrected chi connectivity index (χ3v) is 4.34. The molecule has 3 heterocycles. The average Bonchev–Trinajstić information content (AvgIpc) is 3.15. The molecule has 3 N–H and O–H groups in total. The van der Waals surface area contributed by atoms with Gasteiger partial charge in [-0.2, -0.15) is 0 Å². The van der Waals surface area contributed by atoms with Crippen LogP contribution in [0.1, 0.15) is 0 Å². The number of methoxy groups -OCH3 is 1. The van der Waals surface area contributed by atoms with Crippen LogP contribution in [0.25, 0.3) is 11.0 Å². The second kappa shape index (κ2) is 4.85. The van der Waals surface area contributed by atoms with Crippen LogP contribution in [0.2, 0.25) is 0 Å². The molecular weight excluding hydrogens is 286 g/mol. The summed E-state index contributed by atoms with van der Waals surface area (Å²) in [5, 5.41) is 7.61. The van der Waals surface area contributed by atoms with Crippen LogP contribution in [-0.2, 0) is 0 Å². The van der Waals surface area contributed by atoms with Crippen molar-refractivity contribution in [3.8, 4) is 5.75 Å². The third kappa shape index (κ3) is 2.06. The monoisotopic (exact) mass is 299 g/mol. The van der Waals surface area contributed by atoms with Gasteiger partial charge in [-0.1, -0.05) is 0 Å². The smallest absolute Gasteiger partial charge is 0.144 e. The lowest BCUT2D eigenvalue weighted by molar-refractivity contribution is 0.417. The van der Waals surface area contributed by atoms with Crippen LogP contribution >= 0.6 is 11.8 Å². The van der Waals surface area contributed by atoms with Crippen LogP contribution in [0.15, 0.2) is 35.6 Å². The van der Waals surface area contributed by atoms with Gasteiger partial charge in [0, 0.05) is 17.2 Å². The van der Waals surface area contributed by atoms with E-state index in [9.17, 15) is 0 Å². The van der Waals surface area contributed by atoms with E-state index in [1.54, 1.807) is 18.9 Å². The molecule has 2 aromatic heterocycles. The molecule has 106 valence electrons. The van der Waals surface area contributed by atoms with Crippen LogP contribution in [-0.4, -0.2) is 27.9 Å². The molecule has 7 heteroatoms. The van der Waals surface area contributed by atoms with Gasteiger partial charge in [-0.3, -0.25) is 0 Å². The molecule has 6 nitrogen and oxygen atoms in total. The molecular formula is C14H13N5OS. The zero-order valence-electron chi connectivity index (χ0n) is 11.3. The number of nitrogens with zero attached hydrogens (tertiary/aromatic N) is 2. The Balaban J connectivity index is 1.78. The van der Waals surface area contributed by atoms with Crippen LogP contribution in [0.4, 0.5) is 17.2 Å². The molecule has 4 rings (SSSR count). The highest BCUT2D eigenvalue weighted by molar-refractivity contribution is 7.99. The van der Waals surface area contributed by atoms with E-state index in [2.05, 4.69) is 31.7 Å². The third-order valence-electron chi connectivity index (χ3n) is 3.40. The number of aromatic nitrogens is 3. The summed E-state index contributed by atoms with van der Waals surface area (Å²) < 4.78 is 5.47. The van der Waals surface area contributed by atoms with Gasteiger partial charge in [-0.15, -0.1) is 11.8 Å². The molecule has 0 spiro atoms. The van der Waals surface area contributed by atoms with E-state index in [1.807, 2.05) is 18.3 Å². The summed E-state index contributed by atoms with van der Waals surface area (Å²) in [7, 11) is 1.67. The Labute approximate surface area is 125 Å². The van der Waals surface area contributed by atoms with Gasteiger partial charge in [-0.25, -0.2) is 9.97 Å². The molecule has 1 aliphatic heterocycles. The quantitative estimate of drug-likeness (QED) is 0.689. The minimum absolute atomic E-state index is 0.760. The average molecular weight is 299 g/mol. The molecule has 0 atom stereocenters. The number of fused-ring (bicyclic) bond motifs is 2. The Bertz CT molecular complexity index is 816. The Kier molecular flexibility index (Phi) is 2.85. The lowest BCUT2D eigenvalue weighted by Gasteiger charge is -2.13. The molecule has 0 amide bonds. The maximum atomic E-state index is 5.47. The molecule has 0 aliphatic carbocycles. The highest BCUT2D eigenvalue weighted by Crippen LogP contribution is 2.41. The number of benzene rings is 1. The van der Waals surface area contributed by atoms with Gasteiger partial charge in [0.05, 0.1) is 29.7 Å². The number of hydrogen-bond donors (Lipinski definition) is 3. The molecule has 3 aromatic rings. The van der Waals surface area contributed by atoms with Crippen molar-refractivity contribution in [2.24, 2.45) is 0 Å². The number of thioether (sulfide) groups is 1. The van der Waals surface area contributed by atoms with Crippen molar-refractivity contribution in [1.82, 2.24) is 15.0 Å². The second-order valence-electron chi connectivity index (χ2n) is 4.60. The number of H-pyrrole nitrogens is 1. The van der Waals surface area contributed by atoms with Gasteiger partial charge < -0.3 is 20.4 Å². The Morgan fingerprint density at radius 1 is 1.33 bits per heavy atom. The first-order valence-corrected chi connectivity index (χ1v) is 7.47. The minimum Gasteiger partial charge on any atom is -0.494 e. The summed E-state index contributed by atoms with van der Waals surface area (Å²) in [6, 6.07) is 6.04. The van der Waals surface area contributed by atoms with E-state index in [0.29, 0.717) is 0 Å². The van der Waals surface area contributed by atoms with Crippen molar-refractivity contribution < 1.29 is 4.74 Å². The van der Waals surface area contributed by atoms with E-state index in [-0.39, 0.29) is 0 Å². The van der Waals surface area contributed by atoms with Crippen LogP contribution in [0, 0.1) is 0 Å². The van der Waals surface area contributed by atoms with Gasteiger partial charge in [0.25, 0.3) is 0 Å². The summed E-state index contributed by atoms with van der Waals surface area (Å²) in [4.78, 5) is 12.8. The maximum absolute atomic E-state index is 5.47. The van der Waals surface area contributed by atoms with Crippen molar-refractivity contribution in [3.63, 3.8) is 0 Å². The molecule has 0 fully saturated rings. The summed E-state index contributed by atoms with van der Waals surface area (Å²) in [5.74, 6) is 2.43. The first-order chi connectivity index (χ1) is 10.3. The molecule has 0 radical (unpaired) electrons. The maximum Gasteiger partial charge on any atom is 0.144 e. The summed E-state index contributed by atoms with van der Waals surface area (Å²) in [6.07, 6.45) is 3.39. The highest BCUT2D eigenvalue weighted by Gasteiger charge is 2.16. The van der Waals surface area contributed by atoms with Crippen molar-refractivity contribution in [2.45, 2.75) is 4.90 Å². The zero-order valence-corrected chi connectivity index (χ0v) is 12.1. The standard InChI is InChI=1S/C14H13N5OS/c1-20-11-4-10-12(21-7-18-10)5-9(11)19-14-8-2-3-15-13(8)16-6-17-14/h2-6,18H,7H2,1H3,(H2,15,16,17,19). The number of rotatable bonds is 3. The molecule has 0 saturated carbocycles. The molecule has 0 bridgehead atoms. The first kappa shape index (κ1) is 12.3. The lowest BCUT2D eigenvalue weighted by atomic mass is 10.2. The fourth-order valence-corrected chi connectivity index (χ4v) is 3.25. The fourth-order valence-electron chi connectivity index (χ4n) is 2.38. The number of nitrogens with one attached hydrogen (secondary N) is 3. The largest absolute Gasteiger partial charge is 0.494 e. The van der Waals surface area contributed by atoms with Crippen molar-refractivity contribution in [2.75, 3.05) is 23.6 Å². The zero-order chi connectivity index (χ0) is 14.2. The van der Waals surface area contributed by atoms with Gasteiger partial charge in [0.1, 0.15) is 23.5 Å². The van der Waals surface area contributed by atoms with Crippen LogP contribution < -0.4 is 15.4 Å². The van der Waals surface area contributed by atoms with Crippen molar-refractivity contribution in [3.05, 3.63) is 30.7 Å². The normalized spacial score (nSPS) is 13.0. The fraction of sp³-hybridized carbons (Fsp3) is 0.143. The summed E-state index contributed by atoms with van der Waals surface area (Å²) >= 11 is 1.77. The van der Waals surface area contributed by atoms with E-state index in [0.717, 1.165) is 39.9 Å². The molecule has 1 aliphatic rings. The van der Waals surface area contributed by atoms with Gasteiger partial charge in [0.15, 0.2) is 0 Å². The second-order valence-corrected chi connectivity index (χ2v) is 5.62. The molecule has 21 heavy (non-hydrogen) atoms. The molecule has 0 unspecified atom stereocenters. The Morgan fingerprint density at radius 2 is 2.29 bits per heavy atom. The molecule has 1 aromatic carbocycles. The van der Waals surface area contributed by atoms with Crippen LogP contribution in [0.3, 0.4) is 0 Å². The topological polar surface area (TPSA) is 74.9 Å². The number of anilines is 3. The first-order valence-electron chi connectivity index (χ1n) is 6.49. The number of aromatic amines is 1. The minimum atomic E-state index is 0.760. The van der Waals surface area contributed by atoms with Crippen LogP contribution in [0.5, 0.6) is 5.75 Å². The predicted molar refractivity (Wildman–Crippen MR) is 84.5 cm³/mol. The molecule has 0 saturated heterocycles. The summed E-state index contributed by atoms with van der Waals surface area (Å²) in [5.41, 5.74) is 2.81. The van der Waals surface area contributed by atoms with E-state index in [4.69, 9.17) is 4.74 Å².